The summed E-state index contributed by atoms with van der Waals surface area (Å²) in [5, 5.41) is 5.37. The van der Waals surface area contributed by atoms with Crippen molar-refractivity contribution in [2.75, 3.05) is 49.8 Å². The van der Waals surface area contributed by atoms with Crippen LogP contribution >= 0.6 is 0 Å². The molecule has 1 saturated heterocycles. The van der Waals surface area contributed by atoms with Crippen molar-refractivity contribution in [3.05, 3.63) is 48.5 Å². The van der Waals surface area contributed by atoms with Gasteiger partial charge in [0.15, 0.2) is 0 Å². The van der Waals surface area contributed by atoms with Crippen LogP contribution in [0.1, 0.15) is 12.8 Å². The molecule has 1 fully saturated rings. The highest BCUT2D eigenvalue weighted by atomic mass is 32.2. The molecule has 0 aliphatic carbocycles. The SMILES string of the molecule is COC(=O)Nc1ccc(S(=O)(=O)N2CCC[C@H](C(=O)Nc3ccc(N(C)C)cc3)C2)cc1. The van der Waals surface area contributed by atoms with Crippen LogP contribution in [0.4, 0.5) is 21.9 Å². The molecule has 0 saturated carbocycles. The summed E-state index contributed by atoms with van der Waals surface area (Å²) >= 11 is 0. The van der Waals surface area contributed by atoms with Gasteiger partial charge in [-0.2, -0.15) is 4.31 Å². The second kappa shape index (κ2) is 10.0. The number of anilines is 3. The molecule has 2 amide bonds. The molecule has 1 atom stereocenters. The monoisotopic (exact) mass is 460 g/mol. The molecule has 2 aromatic carbocycles. The van der Waals surface area contributed by atoms with Crippen LogP contribution in [0.2, 0.25) is 0 Å². The molecule has 0 unspecified atom stereocenters. The van der Waals surface area contributed by atoms with Crippen LogP contribution in [0.3, 0.4) is 0 Å². The number of hydrogen-bond acceptors (Lipinski definition) is 6. The fraction of sp³-hybridized carbons (Fsp3) is 0.364. The van der Waals surface area contributed by atoms with E-state index in [4.69, 9.17) is 0 Å². The minimum Gasteiger partial charge on any atom is -0.453 e. The second-order valence-corrected chi connectivity index (χ2v) is 9.71. The predicted molar refractivity (Wildman–Crippen MR) is 123 cm³/mol. The first-order chi connectivity index (χ1) is 15.2. The Kier molecular flexibility index (Phi) is 7.37. The van der Waals surface area contributed by atoms with Gasteiger partial charge in [0.05, 0.1) is 17.9 Å². The minimum absolute atomic E-state index is 0.105. The summed E-state index contributed by atoms with van der Waals surface area (Å²) in [6.07, 6.45) is 0.580. The molecule has 172 valence electrons. The van der Waals surface area contributed by atoms with E-state index in [0.717, 1.165) is 5.69 Å². The third kappa shape index (κ3) is 5.57. The molecule has 0 bridgehead atoms. The molecule has 0 spiro atoms. The maximum absolute atomic E-state index is 13.1. The number of hydrogen-bond donors (Lipinski definition) is 2. The van der Waals surface area contributed by atoms with Crippen molar-refractivity contribution in [3.63, 3.8) is 0 Å². The Morgan fingerprint density at radius 1 is 1.00 bits per heavy atom. The van der Waals surface area contributed by atoms with Gasteiger partial charge in [-0.1, -0.05) is 0 Å². The predicted octanol–water partition coefficient (Wildman–Crippen LogP) is 2.97. The van der Waals surface area contributed by atoms with E-state index >= 15 is 0 Å². The van der Waals surface area contributed by atoms with Gasteiger partial charge in [0.1, 0.15) is 0 Å². The second-order valence-electron chi connectivity index (χ2n) is 7.77. The van der Waals surface area contributed by atoms with E-state index in [1.165, 1.54) is 35.7 Å². The maximum Gasteiger partial charge on any atom is 0.411 e. The van der Waals surface area contributed by atoms with Crippen molar-refractivity contribution >= 4 is 39.1 Å². The number of ether oxygens (including phenoxy) is 1. The van der Waals surface area contributed by atoms with Gasteiger partial charge >= 0.3 is 6.09 Å². The van der Waals surface area contributed by atoms with Crippen molar-refractivity contribution in [3.8, 4) is 0 Å². The van der Waals surface area contributed by atoms with Gasteiger partial charge in [0, 0.05) is 44.2 Å². The van der Waals surface area contributed by atoms with Crippen molar-refractivity contribution < 1.29 is 22.7 Å². The summed E-state index contributed by atoms with van der Waals surface area (Å²) in [6, 6.07) is 13.3. The average Bonchev–Trinajstić information content (AvgIpc) is 2.79. The Hall–Kier alpha value is -3.11. The molecule has 32 heavy (non-hydrogen) atoms. The lowest BCUT2D eigenvalue weighted by Gasteiger charge is -2.31. The topological polar surface area (TPSA) is 108 Å². The van der Waals surface area contributed by atoms with Crippen LogP contribution in [0.25, 0.3) is 0 Å². The first-order valence-electron chi connectivity index (χ1n) is 10.2. The van der Waals surface area contributed by atoms with Gasteiger partial charge in [-0.25, -0.2) is 13.2 Å². The first-order valence-corrected chi connectivity index (χ1v) is 11.7. The average molecular weight is 461 g/mol. The molecule has 2 N–H and O–H groups in total. The summed E-state index contributed by atoms with van der Waals surface area (Å²) in [4.78, 5) is 26.1. The van der Waals surface area contributed by atoms with Crippen molar-refractivity contribution in [2.24, 2.45) is 5.92 Å². The summed E-state index contributed by atoms with van der Waals surface area (Å²) in [6.45, 7) is 0.470. The highest BCUT2D eigenvalue weighted by Gasteiger charge is 2.33. The van der Waals surface area contributed by atoms with Crippen LogP contribution in [0.5, 0.6) is 0 Å². The van der Waals surface area contributed by atoms with Crippen LogP contribution in [-0.2, 0) is 19.6 Å². The Bertz CT molecular complexity index is 1050. The van der Waals surface area contributed by atoms with E-state index in [-0.39, 0.29) is 17.3 Å². The molecule has 1 aliphatic rings. The number of carbonyl (C=O) groups is 2. The fourth-order valence-corrected chi connectivity index (χ4v) is 5.01. The lowest BCUT2D eigenvalue weighted by molar-refractivity contribution is -0.120. The highest BCUT2D eigenvalue weighted by Crippen LogP contribution is 2.26. The zero-order valence-electron chi connectivity index (χ0n) is 18.4. The first kappa shape index (κ1) is 23.6. The number of nitrogens with zero attached hydrogens (tertiary/aromatic N) is 2. The van der Waals surface area contributed by atoms with Crippen LogP contribution in [0, 0.1) is 5.92 Å². The number of piperidine rings is 1. The van der Waals surface area contributed by atoms with Gasteiger partial charge in [-0.05, 0) is 61.4 Å². The lowest BCUT2D eigenvalue weighted by atomic mass is 9.98. The smallest absolute Gasteiger partial charge is 0.411 e. The molecule has 10 heteroatoms. The highest BCUT2D eigenvalue weighted by molar-refractivity contribution is 7.89. The molecule has 0 aromatic heterocycles. The standard InChI is InChI=1S/C22H28N4O5S/c1-25(2)19-10-6-17(7-11-19)23-21(27)16-5-4-14-26(15-16)32(29,30)20-12-8-18(9-13-20)24-22(28)31-3/h6-13,16H,4-5,14-15H2,1-3H3,(H,23,27)(H,24,28)/t16-/m0/s1. The summed E-state index contributed by atoms with van der Waals surface area (Å²) in [5.74, 6) is -0.632. The number of sulfonamides is 1. The van der Waals surface area contributed by atoms with Crippen molar-refractivity contribution in [1.29, 1.82) is 0 Å². The molecule has 0 radical (unpaired) electrons. The summed E-state index contributed by atoms with van der Waals surface area (Å²) in [7, 11) is 1.36. The molecule has 9 nitrogen and oxygen atoms in total. The molecular weight excluding hydrogens is 432 g/mol. The van der Waals surface area contributed by atoms with E-state index in [1.807, 2.05) is 43.3 Å². The minimum atomic E-state index is -3.76. The summed E-state index contributed by atoms with van der Waals surface area (Å²) < 4.78 is 32.0. The lowest BCUT2D eigenvalue weighted by Crippen LogP contribution is -2.43. The zero-order chi connectivity index (χ0) is 23.3. The molecule has 3 rings (SSSR count). The van der Waals surface area contributed by atoms with Crippen LogP contribution in [-0.4, -0.2) is 59.0 Å². The van der Waals surface area contributed by atoms with Gasteiger partial charge in [0.25, 0.3) is 0 Å². The van der Waals surface area contributed by atoms with E-state index < -0.39 is 22.0 Å². The molecular formula is C22H28N4O5S. The largest absolute Gasteiger partial charge is 0.453 e. The summed E-state index contributed by atoms with van der Waals surface area (Å²) in [5.41, 5.74) is 2.12. The Morgan fingerprint density at radius 2 is 1.59 bits per heavy atom. The van der Waals surface area contributed by atoms with E-state index in [1.54, 1.807) is 0 Å². The zero-order valence-corrected chi connectivity index (χ0v) is 19.2. The van der Waals surface area contributed by atoms with Gasteiger partial charge in [0.2, 0.25) is 15.9 Å². The number of rotatable bonds is 6. The Balaban J connectivity index is 1.66. The quantitative estimate of drug-likeness (QED) is 0.686. The Morgan fingerprint density at radius 3 is 2.19 bits per heavy atom. The third-order valence-corrected chi connectivity index (χ3v) is 7.21. The normalized spacial score (nSPS) is 16.8. The number of methoxy groups -OCH3 is 1. The van der Waals surface area contributed by atoms with Gasteiger partial charge < -0.3 is 15.0 Å². The molecule has 1 aliphatic heterocycles. The van der Waals surface area contributed by atoms with Crippen molar-refractivity contribution in [2.45, 2.75) is 17.7 Å². The van der Waals surface area contributed by atoms with Crippen LogP contribution in [0.15, 0.2) is 53.4 Å². The van der Waals surface area contributed by atoms with E-state index in [9.17, 15) is 18.0 Å². The molecule has 1 heterocycles. The number of amides is 2. The van der Waals surface area contributed by atoms with Crippen molar-refractivity contribution in [1.82, 2.24) is 4.31 Å². The van der Waals surface area contributed by atoms with Gasteiger partial charge in [-0.3, -0.25) is 10.1 Å². The molecule has 2 aromatic rings. The van der Waals surface area contributed by atoms with E-state index in [2.05, 4.69) is 15.4 Å². The maximum atomic E-state index is 13.1. The Labute approximate surface area is 188 Å². The fourth-order valence-electron chi connectivity index (χ4n) is 3.49. The number of carbonyl (C=O) groups excluding carboxylic acids is 2. The van der Waals surface area contributed by atoms with Gasteiger partial charge in [-0.15, -0.1) is 0 Å². The third-order valence-electron chi connectivity index (χ3n) is 5.33. The number of nitrogens with one attached hydrogen (secondary N) is 2. The van der Waals surface area contributed by atoms with E-state index in [0.29, 0.717) is 30.8 Å². The number of benzene rings is 2. The van der Waals surface area contributed by atoms with Crippen LogP contribution < -0.4 is 15.5 Å².